The van der Waals surface area contributed by atoms with Crippen molar-refractivity contribution in [3.05, 3.63) is 42.6 Å². The zero-order valence-electron chi connectivity index (χ0n) is 13.6. The van der Waals surface area contributed by atoms with E-state index in [0.29, 0.717) is 29.9 Å². The Balaban J connectivity index is 1.86. The molecule has 0 N–H and O–H groups in total. The Hall–Kier alpha value is -2.37. The van der Waals surface area contributed by atoms with Crippen LogP contribution in [0.1, 0.15) is 36.7 Å². The Morgan fingerprint density at radius 3 is 3.04 bits per heavy atom. The van der Waals surface area contributed by atoms with E-state index in [2.05, 4.69) is 26.4 Å². The van der Waals surface area contributed by atoms with Crippen LogP contribution in [0.4, 0.5) is 5.82 Å². The third-order valence-electron chi connectivity index (χ3n) is 4.41. The van der Waals surface area contributed by atoms with Gasteiger partial charge in [0.25, 0.3) is 0 Å². The van der Waals surface area contributed by atoms with Crippen molar-refractivity contribution in [2.24, 2.45) is 5.92 Å². The molecule has 0 spiro atoms. The molecule has 1 fully saturated rings. The SMILES string of the molecule is CCOC(=O)c1cccnc1N1CC[C@H](C)[C@H](n2ccnc2)C1. The number of rotatable bonds is 4. The maximum absolute atomic E-state index is 12.2. The quantitative estimate of drug-likeness (QED) is 0.812. The highest BCUT2D eigenvalue weighted by atomic mass is 16.5. The van der Waals surface area contributed by atoms with Crippen molar-refractivity contribution in [2.45, 2.75) is 26.3 Å². The molecule has 2 atom stereocenters. The largest absolute Gasteiger partial charge is 0.462 e. The first kappa shape index (κ1) is 15.5. The Kier molecular flexibility index (Phi) is 4.60. The van der Waals surface area contributed by atoms with E-state index in [9.17, 15) is 4.79 Å². The number of ether oxygens (including phenoxy) is 1. The summed E-state index contributed by atoms with van der Waals surface area (Å²) in [5, 5.41) is 0. The number of imidazole rings is 1. The van der Waals surface area contributed by atoms with Crippen LogP contribution in [-0.4, -0.2) is 40.2 Å². The van der Waals surface area contributed by atoms with Crippen molar-refractivity contribution in [3.63, 3.8) is 0 Å². The van der Waals surface area contributed by atoms with Crippen LogP contribution in [0.25, 0.3) is 0 Å². The molecule has 0 amide bonds. The van der Waals surface area contributed by atoms with E-state index in [1.165, 1.54) is 0 Å². The van der Waals surface area contributed by atoms with Crippen LogP contribution in [0, 0.1) is 5.92 Å². The predicted octanol–water partition coefficient (Wildman–Crippen LogP) is 2.54. The summed E-state index contributed by atoms with van der Waals surface area (Å²) in [6.07, 6.45) is 8.42. The molecule has 3 rings (SSSR count). The van der Waals surface area contributed by atoms with Gasteiger partial charge < -0.3 is 14.2 Å². The molecule has 1 saturated heterocycles. The van der Waals surface area contributed by atoms with Crippen LogP contribution in [-0.2, 0) is 4.74 Å². The summed E-state index contributed by atoms with van der Waals surface area (Å²) in [6.45, 7) is 6.12. The van der Waals surface area contributed by atoms with Crippen LogP contribution < -0.4 is 4.90 Å². The Bertz CT molecular complexity index is 656. The van der Waals surface area contributed by atoms with Gasteiger partial charge >= 0.3 is 5.97 Å². The number of esters is 1. The van der Waals surface area contributed by atoms with Gasteiger partial charge in [-0.3, -0.25) is 0 Å². The number of pyridine rings is 1. The minimum Gasteiger partial charge on any atom is -0.462 e. The maximum Gasteiger partial charge on any atom is 0.341 e. The van der Waals surface area contributed by atoms with E-state index in [4.69, 9.17) is 4.74 Å². The molecule has 1 aliphatic rings. The summed E-state index contributed by atoms with van der Waals surface area (Å²) in [5.74, 6) is 0.951. The molecule has 2 aromatic heterocycles. The molecule has 2 aromatic rings. The summed E-state index contributed by atoms with van der Waals surface area (Å²) in [6, 6.07) is 3.88. The lowest BCUT2D eigenvalue weighted by Gasteiger charge is -2.38. The van der Waals surface area contributed by atoms with Crippen molar-refractivity contribution in [3.8, 4) is 0 Å². The number of hydrogen-bond acceptors (Lipinski definition) is 5. The highest BCUT2D eigenvalue weighted by molar-refractivity contribution is 5.94. The fourth-order valence-electron chi connectivity index (χ4n) is 3.11. The zero-order valence-corrected chi connectivity index (χ0v) is 13.6. The summed E-state index contributed by atoms with van der Waals surface area (Å²) >= 11 is 0. The molecule has 122 valence electrons. The number of aromatic nitrogens is 3. The Morgan fingerprint density at radius 1 is 1.43 bits per heavy atom. The molecular formula is C17H22N4O2. The molecule has 0 bridgehead atoms. The van der Waals surface area contributed by atoms with Gasteiger partial charge in [0.2, 0.25) is 0 Å². The number of hydrogen-bond donors (Lipinski definition) is 0. The Labute approximate surface area is 136 Å². The summed E-state index contributed by atoms with van der Waals surface area (Å²) in [5.41, 5.74) is 0.535. The van der Waals surface area contributed by atoms with Gasteiger partial charge in [-0.25, -0.2) is 14.8 Å². The van der Waals surface area contributed by atoms with Gasteiger partial charge in [-0.2, -0.15) is 0 Å². The number of carbonyl (C=O) groups is 1. The van der Waals surface area contributed by atoms with Crippen molar-refractivity contribution in [1.29, 1.82) is 0 Å². The van der Waals surface area contributed by atoms with Crippen molar-refractivity contribution in [2.75, 3.05) is 24.6 Å². The fourth-order valence-corrected chi connectivity index (χ4v) is 3.11. The van der Waals surface area contributed by atoms with Crippen molar-refractivity contribution in [1.82, 2.24) is 14.5 Å². The van der Waals surface area contributed by atoms with Gasteiger partial charge in [0.1, 0.15) is 11.4 Å². The normalized spacial score (nSPS) is 21.2. The monoisotopic (exact) mass is 314 g/mol. The van der Waals surface area contributed by atoms with E-state index in [-0.39, 0.29) is 5.97 Å². The molecule has 6 heteroatoms. The van der Waals surface area contributed by atoms with Gasteiger partial charge in [-0.1, -0.05) is 6.92 Å². The number of carbonyl (C=O) groups excluding carboxylic acids is 1. The van der Waals surface area contributed by atoms with Gasteiger partial charge in [-0.05, 0) is 31.4 Å². The lowest BCUT2D eigenvalue weighted by Crippen LogP contribution is -2.41. The van der Waals surface area contributed by atoms with Crippen LogP contribution >= 0.6 is 0 Å². The molecule has 0 unspecified atom stereocenters. The average Bonchev–Trinajstić information content (AvgIpc) is 3.10. The second kappa shape index (κ2) is 6.81. The minimum absolute atomic E-state index is 0.312. The van der Waals surface area contributed by atoms with Crippen LogP contribution in [0.5, 0.6) is 0 Å². The predicted molar refractivity (Wildman–Crippen MR) is 87.5 cm³/mol. The van der Waals surface area contributed by atoms with Gasteiger partial charge in [0.05, 0.1) is 19.0 Å². The zero-order chi connectivity index (χ0) is 16.2. The molecule has 3 heterocycles. The molecule has 0 saturated carbocycles. The van der Waals surface area contributed by atoms with Crippen LogP contribution in [0.3, 0.4) is 0 Å². The fraction of sp³-hybridized carbons (Fsp3) is 0.471. The molecule has 1 aliphatic heterocycles. The van der Waals surface area contributed by atoms with E-state index in [0.717, 1.165) is 19.5 Å². The molecular weight excluding hydrogens is 292 g/mol. The van der Waals surface area contributed by atoms with Gasteiger partial charge in [0, 0.05) is 31.7 Å². The number of anilines is 1. The third-order valence-corrected chi connectivity index (χ3v) is 4.41. The van der Waals surface area contributed by atoms with Crippen LogP contribution in [0.2, 0.25) is 0 Å². The molecule has 0 aromatic carbocycles. The number of nitrogens with zero attached hydrogens (tertiary/aromatic N) is 4. The molecule has 0 aliphatic carbocycles. The first-order chi connectivity index (χ1) is 11.2. The highest BCUT2D eigenvalue weighted by Crippen LogP contribution is 2.31. The minimum atomic E-state index is -0.312. The van der Waals surface area contributed by atoms with E-state index in [1.807, 2.05) is 19.4 Å². The topological polar surface area (TPSA) is 60.2 Å². The third kappa shape index (κ3) is 3.21. The summed E-state index contributed by atoms with van der Waals surface area (Å²) in [7, 11) is 0. The average molecular weight is 314 g/mol. The lowest BCUT2D eigenvalue weighted by atomic mass is 9.93. The molecule has 0 radical (unpaired) electrons. The van der Waals surface area contributed by atoms with Gasteiger partial charge in [-0.15, -0.1) is 0 Å². The van der Waals surface area contributed by atoms with Gasteiger partial charge in [0.15, 0.2) is 0 Å². The smallest absolute Gasteiger partial charge is 0.341 e. The summed E-state index contributed by atoms with van der Waals surface area (Å²) < 4.78 is 7.30. The van der Waals surface area contributed by atoms with E-state index in [1.54, 1.807) is 24.5 Å². The Morgan fingerprint density at radius 2 is 2.30 bits per heavy atom. The van der Waals surface area contributed by atoms with Crippen molar-refractivity contribution < 1.29 is 9.53 Å². The molecule has 23 heavy (non-hydrogen) atoms. The van der Waals surface area contributed by atoms with Crippen LogP contribution in [0.15, 0.2) is 37.1 Å². The first-order valence-corrected chi connectivity index (χ1v) is 8.05. The second-order valence-corrected chi connectivity index (χ2v) is 5.88. The molecule has 6 nitrogen and oxygen atoms in total. The van der Waals surface area contributed by atoms with E-state index >= 15 is 0 Å². The first-order valence-electron chi connectivity index (χ1n) is 8.05. The second-order valence-electron chi connectivity index (χ2n) is 5.88. The lowest BCUT2D eigenvalue weighted by molar-refractivity contribution is 0.0526. The highest BCUT2D eigenvalue weighted by Gasteiger charge is 2.30. The van der Waals surface area contributed by atoms with Crippen molar-refractivity contribution >= 4 is 11.8 Å². The maximum atomic E-state index is 12.2. The van der Waals surface area contributed by atoms with E-state index < -0.39 is 0 Å². The summed E-state index contributed by atoms with van der Waals surface area (Å²) in [4.78, 5) is 23.0. The standard InChI is InChI=1S/C17H22N4O2/c1-3-23-17(22)14-5-4-7-19-16(14)20-9-6-13(2)15(11-20)21-10-8-18-12-21/h4-5,7-8,10,12-13,15H,3,6,9,11H2,1-2H3/t13-,15+/m0/s1. The number of piperidine rings is 1.